The molecular formula is C21H25FN2O4. The fourth-order valence-corrected chi connectivity index (χ4v) is 2.52. The van der Waals surface area contributed by atoms with Gasteiger partial charge >= 0.3 is 0 Å². The Labute approximate surface area is 164 Å². The zero-order chi connectivity index (χ0) is 20.5. The predicted molar refractivity (Wildman–Crippen MR) is 104 cm³/mol. The van der Waals surface area contributed by atoms with Crippen molar-refractivity contribution in [3.63, 3.8) is 0 Å². The molecule has 0 aliphatic rings. The molecule has 28 heavy (non-hydrogen) atoms. The maximum atomic E-state index is 13.8. The Kier molecular flexibility index (Phi) is 7.80. The van der Waals surface area contributed by atoms with Gasteiger partial charge in [0.2, 0.25) is 5.91 Å². The topological polar surface area (TPSA) is 76.7 Å². The quantitative estimate of drug-likeness (QED) is 0.648. The smallest absolute Gasteiger partial charge is 0.254 e. The molecule has 0 aliphatic heterocycles. The Bertz CT molecular complexity index is 793. The summed E-state index contributed by atoms with van der Waals surface area (Å²) in [4.78, 5) is 24.7. The number of benzene rings is 2. The molecule has 2 aromatic rings. The summed E-state index contributed by atoms with van der Waals surface area (Å²) in [5, 5.41) is 5.33. The van der Waals surface area contributed by atoms with Gasteiger partial charge in [-0.2, -0.15) is 0 Å². The van der Waals surface area contributed by atoms with E-state index in [-0.39, 0.29) is 30.5 Å². The molecule has 7 heteroatoms. The third-order valence-electron chi connectivity index (χ3n) is 4.08. The second kappa shape index (κ2) is 10.3. The summed E-state index contributed by atoms with van der Waals surface area (Å²) in [6.45, 7) is 4.15. The molecule has 0 aromatic heterocycles. The Morgan fingerprint density at radius 2 is 1.68 bits per heavy atom. The largest absolute Gasteiger partial charge is 0.497 e. The third kappa shape index (κ3) is 5.97. The second-order valence-electron chi connectivity index (χ2n) is 6.49. The minimum Gasteiger partial charge on any atom is -0.497 e. The number of ether oxygens (including phenoxy) is 2. The van der Waals surface area contributed by atoms with E-state index in [1.807, 2.05) is 0 Å². The van der Waals surface area contributed by atoms with Gasteiger partial charge in [0, 0.05) is 0 Å². The molecule has 0 bridgehead atoms. The van der Waals surface area contributed by atoms with Crippen LogP contribution in [0.3, 0.4) is 0 Å². The van der Waals surface area contributed by atoms with Crippen LogP contribution < -0.4 is 20.1 Å². The maximum absolute atomic E-state index is 13.8. The van der Waals surface area contributed by atoms with Crippen LogP contribution in [-0.2, 0) is 4.79 Å². The lowest BCUT2D eigenvalue weighted by Gasteiger charge is -2.22. The van der Waals surface area contributed by atoms with Crippen molar-refractivity contribution in [2.75, 3.05) is 20.3 Å². The van der Waals surface area contributed by atoms with Crippen LogP contribution in [0.5, 0.6) is 11.5 Å². The molecule has 0 fully saturated rings. The van der Waals surface area contributed by atoms with Crippen LogP contribution in [0.1, 0.15) is 24.2 Å². The lowest BCUT2D eigenvalue weighted by Crippen LogP contribution is -2.50. The van der Waals surface area contributed by atoms with Gasteiger partial charge in [0.1, 0.15) is 30.0 Å². The van der Waals surface area contributed by atoms with Crippen molar-refractivity contribution in [2.24, 2.45) is 5.92 Å². The van der Waals surface area contributed by atoms with Gasteiger partial charge in [0.25, 0.3) is 5.91 Å². The highest BCUT2D eigenvalue weighted by Gasteiger charge is 2.25. The first-order valence-electron chi connectivity index (χ1n) is 9.02. The first-order valence-corrected chi connectivity index (χ1v) is 9.02. The number of carbonyl (C=O) groups excluding carboxylic acids is 2. The van der Waals surface area contributed by atoms with E-state index < -0.39 is 17.8 Å². The summed E-state index contributed by atoms with van der Waals surface area (Å²) in [7, 11) is 1.58. The van der Waals surface area contributed by atoms with Gasteiger partial charge in [-0.05, 0) is 42.3 Å². The number of rotatable bonds is 9. The van der Waals surface area contributed by atoms with E-state index in [2.05, 4.69) is 10.6 Å². The normalized spacial score (nSPS) is 11.6. The lowest BCUT2D eigenvalue weighted by molar-refractivity contribution is -0.124. The fraction of sp³-hybridized carbons (Fsp3) is 0.333. The van der Waals surface area contributed by atoms with E-state index in [4.69, 9.17) is 9.47 Å². The first kappa shape index (κ1) is 21.2. The number of halogens is 1. The van der Waals surface area contributed by atoms with E-state index in [1.165, 1.54) is 18.2 Å². The van der Waals surface area contributed by atoms with Crippen LogP contribution in [0.15, 0.2) is 48.5 Å². The Balaban J connectivity index is 1.85. The molecule has 2 rings (SSSR count). The van der Waals surface area contributed by atoms with E-state index >= 15 is 0 Å². The molecule has 0 spiro atoms. The van der Waals surface area contributed by atoms with Crippen LogP contribution in [0.4, 0.5) is 4.39 Å². The summed E-state index contributed by atoms with van der Waals surface area (Å²) < 4.78 is 24.4. The molecule has 1 atom stereocenters. The van der Waals surface area contributed by atoms with Crippen LogP contribution in [0, 0.1) is 11.7 Å². The van der Waals surface area contributed by atoms with Crippen LogP contribution >= 0.6 is 0 Å². The van der Waals surface area contributed by atoms with E-state index in [9.17, 15) is 14.0 Å². The molecule has 0 aliphatic carbocycles. The molecular weight excluding hydrogens is 363 g/mol. The number of hydrogen-bond donors (Lipinski definition) is 2. The minimum absolute atomic E-state index is 0.0937. The monoisotopic (exact) mass is 388 g/mol. The average molecular weight is 388 g/mol. The lowest BCUT2D eigenvalue weighted by atomic mass is 10.0. The summed E-state index contributed by atoms with van der Waals surface area (Å²) in [5.74, 6) is -0.386. The Morgan fingerprint density at radius 3 is 2.29 bits per heavy atom. The number of methoxy groups -OCH3 is 1. The van der Waals surface area contributed by atoms with Crippen molar-refractivity contribution < 1.29 is 23.5 Å². The van der Waals surface area contributed by atoms with E-state index in [0.29, 0.717) is 5.75 Å². The highest BCUT2D eigenvalue weighted by atomic mass is 19.1. The van der Waals surface area contributed by atoms with Crippen molar-refractivity contribution in [2.45, 2.75) is 19.9 Å². The van der Waals surface area contributed by atoms with Gasteiger partial charge in [0.05, 0.1) is 19.2 Å². The second-order valence-corrected chi connectivity index (χ2v) is 6.49. The number of nitrogens with one attached hydrogen (secondary N) is 2. The Morgan fingerprint density at radius 1 is 1.04 bits per heavy atom. The summed E-state index contributed by atoms with van der Waals surface area (Å²) in [6, 6.07) is 12.0. The van der Waals surface area contributed by atoms with Gasteiger partial charge in [-0.3, -0.25) is 9.59 Å². The standard InChI is InChI=1S/C21H25FN2O4/c1-14(2)19(24-20(25)17-6-4-5-7-18(17)22)21(26)23-12-13-28-16-10-8-15(27-3)9-11-16/h4-11,14,19H,12-13H2,1-3H3,(H,23,26)(H,24,25)/t19-/m0/s1. The molecule has 0 unspecified atom stereocenters. The van der Waals surface area contributed by atoms with Crippen molar-refractivity contribution in [1.29, 1.82) is 0 Å². The van der Waals surface area contributed by atoms with Crippen LogP contribution in [-0.4, -0.2) is 38.1 Å². The van der Waals surface area contributed by atoms with E-state index in [0.717, 1.165) is 5.75 Å². The summed E-state index contributed by atoms with van der Waals surface area (Å²) >= 11 is 0. The molecule has 0 radical (unpaired) electrons. The van der Waals surface area contributed by atoms with Gasteiger partial charge in [0.15, 0.2) is 0 Å². The van der Waals surface area contributed by atoms with Crippen molar-refractivity contribution >= 4 is 11.8 Å². The minimum atomic E-state index is -0.784. The first-order chi connectivity index (χ1) is 13.4. The SMILES string of the molecule is COc1ccc(OCCNC(=O)[C@@H](NC(=O)c2ccccc2F)C(C)C)cc1. The molecule has 0 saturated heterocycles. The van der Waals surface area contributed by atoms with Gasteiger partial charge in [-0.15, -0.1) is 0 Å². The third-order valence-corrected chi connectivity index (χ3v) is 4.08. The van der Waals surface area contributed by atoms with Crippen molar-refractivity contribution in [3.8, 4) is 11.5 Å². The maximum Gasteiger partial charge on any atom is 0.254 e. The highest BCUT2D eigenvalue weighted by molar-refractivity contribution is 5.97. The number of carbonyl (C=O) groups is 2. The molecule has 0 saturated carbocycles. The molecule has 2 amide bonds. The van der Waals surface area contributed by atoms with Crippen molar-refractivity contribution in [3.05, 3.63) is 59.9 Å². The summed E-state index contributed by atoms with van der Waals surface area (Å²) in [6.07, 6.45) is 0. The number of hydrogen-bond acceptors (Lipinski definition) is 4. The van der Waals surface area contributed by atoms with E-state index in [1.54, 1.807) is 51.3 Å². The Hall–Kier alpha value is -3.09. The molecule has 2 N–H and O–H groups in total. The van der Waals surface area contributed by atoms with Gasteiger partial charge < -0.3 is 20.1 Å². The molecule has 2 aromatic carbocycles. The predicted octanol–water partition coefficient (Wildman–Crippen LogP) is 2.78. The van der Waals surface area contributed by atoms with Crippen LogP contribution in [0.2, 0.25) is 0 Å². The molecule has 150 valence electrons. The highest BCUT2D eigenvalue weighted by Crippen LogP contribution is 2.16. The fourth-order valence-electron chi connectivity index (χ4n) is 2.52. The molecule has 0 heterocycles. The number of amides is 2. The van der Waals surface area contributed by atoms with Gasteiger partial charge in [-0.25, -0.2) is 4.39 Å². The summed E-state index contributed by atoms with van der Waals surface area (Å²) in [5.41, 5.74) is -0.0937. The zero-order valence-electron chi connectivity index (χ0n) is 16.2. The average Bonchev–Trinajstić information content (AvgIpc) is 2.69. The zero-order valence-corrected chi connectivity index (χ0v) is 16.2. The van der Waals surface area contributed by atoms with Crippen LogP contribution in [0.25, 0.3) is 0 Å². The molecule has 6 nitrogen and oxygen atoms in total. The van der Waals surface area contributed by atoms with Crippen molar-refractivity contribution in [1.82, 2.24) is 10.6 Å². The van der Waals surface area contributed by atoms with Gasteiger partial charge in [-0.1, -0.05) is 26.0 Å².